The summed E-state index contributed by atoms with van der Waals surface area (Å²) < 4.78 is 16.9. The van der Waals surface area contributed by atoms with Gasteiger partial charge in [-0.05, 0) is 89.9 Å². The van der Waals surface area contributed by atoms with Crippen LogP contribution in [0.3, 0.4) is 0 Å². The van der Waals surface area contributed by atoms with Gasteiger partial charge in [0.2, 0.25) is 0 Å². The van der Waals surface area contributed by atoms with Crippen molar-refractivity contribution in [3.63, 3.8) is 0 Å². The van der Waals surface area contributed by atoms with E-state index in [4.69, 9.17) is 14.2 Å². The number of hydrogen-bond acceptors (Lipinski definition) is 6. The summed E-state index contributed by atoms with van der Waals surface area (Å²) in [5.41, 5.74) is 0. The van der Waals surface area contributed by atoms with Crippen molar-refractivity contribution in [1.82, 2.24) is 0 Å². The lowest BCUT2D eigenvalue weighted by molar-refractivity contribution is -0.167. The van der Waals surface area contributed by atoms with Gasteiger partial charge in [-0.2, -0.15) is 0 Å². The SMILES string of the molecule is CC/C=C\C/C=C\C/C=C\C/C=C\C/C=C\CCCCCC(=O)OCC(COC(=O)CCCCCCCCC/C=C\CCCCCCCCC)OC(=O)CCCCCCCCCCCCCCCCCCCCC. The van der Waals surface area contributed by atoms with Gasteiger partial charge in [0.1, 0.15) is 13.2 Å². The quantitative estimate of drug-likeness (QED) is 0.0261. The van der Waals surface area contributed by atoms with Crippen molar-refractivity contribution in [1.29, 1.82) is 0 Å². The minimum Gasteiger partial charge on any atom is -0.462 e. The van der Waals surface area contributed by atoms with E-state index in [1.807, 2.05) is 0 Å². The largest absolute Gasteiger partial charge is 0.462 e. The second kappa shape index (κ2) is 62.4. The summed E-state index contributed by atoms with van der Waals surface area (Å²) in [4.78, 5) is 38.3. The lowest BCUT2D eigenvalue weighted by Crippen LogP contribution is -2.30. The molecule has 0 saturated heterocycles. The normalized spacial score (nSPS) is 12.5. The third-order valence-electron chi connectivity index (χ3n) is 13.9. The number of hydrogen-bond donors (Lipinski definition) is 0. The molecule has 0 spiro atoms. The average Bonchev–Trinajstić information content (AvgIpc) is 3.40. The molecule has 6 nitrogen and oxygen atoms in total. The van der Waals surface area contributed by atoms with E-state index in [2.05, 4.69) is 93.7 Å². The number of carbonyl (C=O) groups is 3. The van der Waals surface area contributed by atoms with Crippen LogP contribution in [0.5, 0.6) is 0 Å². The summed E-state index contributed by atoms with van der Waals surface area (Å²) >= 11 is 0. The maximum absolute atomic E-state index is 12.9. The Morgan fingerprint density at radius 3 is 0.851 bits per heavy atom. The van der Waals surface area contributed by atoms with Crippen LogP contribution in [0.25, 0.3) is 0 Å². The minimum atomic E-state index is -0.791. The molecule has 0 amide bonds. The second-order valence-electron chi connectivity index (χ2n) is 21.3. The molecule has 0 fully saturated rings. The zero-order valence-corrected chi connectivity index (χ0v) is 49.1. The van der Waals surface area contributed by atoms with E-state index in [0.717, 1.165) is 96.3 Å². The van der Waals surface area contributed by atoms with Gasteiger partial charge in [-0.3, -0.25) is 14.4 Å². The van der Waals surface area contributed by atoms with Crippen LogP contribution in [0.1, 0.15) is 323 Å². The van der Waals surface area contributed by atoms with Crippen molar-refractivity contribution in [2.45, 2.75) is 329 Å². The first-order valence-corrected chi connectivity index (χ1v) is 31.9. The number of carbonyl (C=O) groups excluding carboxylic acids is 3. The van der Waals surface area contributed by atoms with Crippen molar-refractivity contribution in [3.05, 3.63) is 72.9 Å². The summed E-state index contributed by atoms with van der Waals surface area (Å²) in [6.45, 7) is 6.54. The molecule has 0 heterocycles. The molecule has 0 bridgehead atoms. The Labute approximate surface area is 459 Å². The van der Waals surface area contributed by atoms with Gasteiger partial charge < -0.3 is 14.2 Å². The van der Waals surface area contributed by atoms with Crippen LogP contribution in [0.2, 0.25) is 0 Å². The molecule has 0 aliphatic rings. The zero-order chi connectivity index (χ0) is 53.6. The van der Waals surface area contributed by atoms with Gasteiger partial charge in [0, 0.05) is 19.3 Å². The minimum absolute atomic E-state index is 0.0855. The Balaban J connectivity index is 4.42. The van der Waals surface area contributed by atoms with E-state index in [9.17, 15) is 14.4 Å². The number of rotatable bonds is 58. The second-order valence-corrected chi connectivity index (χ2v) is 21.3. The predicted molar refractivity (Wildman–Crippen MR) is 321 cm³/mol. The molecular weight excluding hydrogens is 913 g/mol. The van der Waals surface area contributed by atoms with Crippen LogP contribution in [0.15, 0.2) is 72.9 Å². The fourth-order valence-corrected chi connectivity index (χ4v) is 9.17. The van der Waals surface area contributed by atoms with Gasteiger partial charge >= 0.3 is 17.9 Å². The zero-order valence-electron chi connectivity index (χ0n) is 49.1. The van der Waals surface area contributed by atoms with Crippen LogP contribution < -0.4 is 0 Å². The first-order chi connectivity index (χ1) is 36.5. The first kappa shape index (κ1) is 70.8. The molecule has 0 N–H and O–H groups in total. The van der Waals surface area contributed by atoms with Crippen molar-refractivity contribution in [2.24, 2.45) is 0 Å². The topological polar surface area (TPSA) is 78.9 Å². The third kappa shape index (κ3) is 59.7. The van der Waals surface area contributed by atoms with Gasteiger partial charge in [-0.15, -0.1) is 0 Å². The van der Waals surface area contributed by atoms with E-state index in [0.29, 0.717) is 19.3 Å². The number of esters is 3. The lowest BCUT2D eigenvalue weighted by Gasteiger charge is -2.18. The van der Waals surface area contributed by atoms with Gasteiger partial charge in [0.05, 0.1) is 0 Å². The first-order valence-electron chi connectivity index (χ1n) is 31.9. The Morgan fingerprint density at radius 1 is 0.284 bits per heavy atom. The molecule has 0 rings (SSSR count). The maximum Gasteiger partial charge on any atom is 0.306 e. The highest BCUT2D eigenvalue weighted by molar-refractivity contribution is 5.71. The van der Waals surface area contributed by atoms with Crippen molar-refractivity contribution in [2.75, 3.05) is 13.2 Å². The molecule has 0 aromatic heterocycles. The van der Waals surface area contributed by atoms with Crippen molar-refractivity contribution >= 4 is 17.9 Å². The van der Waals surface area contributed by atoms with Crippen LogP contribution in [-0.2, 0) is 28.6 Å². The fourth-order valence-electron chi connectivity index (χ4n) is 9.17. The summed E-state index contributed by atoms with van der Waals surface area (Å²) in [6, 6.07) is 0. The van der Waals surface area contributed by atoms with Crippen molar-refractivity contribution in [3.8, 4) is 0 Å². The smallest absolute Gasteiger partial charge is 0.306 e. The monoisotopic (exact) mass is 1030 g/mol. The Hall–Kier alpha value is -3.15. The van der Waals surface area contributed by atoms with Gasteiger partial charge in [0.15, 0.2) is 6.10 Å². The highest BCUT2D eigenvalue weighted by Gasteiger charge is 2.19. The van der Waals surface area contributed by atoms with Gasteiger partial charge in [-0.1, -0.05) is 286 Å². The fraction of sp³-hybridized carbons (Fsp3) is 0.779. The Morgan fingerprint density at radius 2 is 0.527 bits per heavy atom. The standard InChI is InChI=1S/C68H120O6/c1-4-7-10-13-16-19-22-25-28-31-34-37-40-43-46-49-52-55-58-61-67(70)73-64-65(63-72-66(69)60-57-54-51-48-45-42-39-36-33-30-27-24-21-18-15-12-9-6-3)74-68(71)62-59-56-53-50-47-44-41-38-35-32-29-26-23-20-17-14-11-8-5-2/h7,10,16,19,25,28,30,33-34,37,43,46,65H,4-6,8-9,11-15,17-18,20-24,26-27,29,31-32,35-36,38-42,44-45,47-64H2,1-3H3/b10-7-,19-16-,28-25-,33-30-,37-34-,46-43-. The van der Waals surface area contributed by atoms with Crippen molar-refractivity contribution < 1.29 is 28.6 Å². The molecule has 1 atom stereocenters. The average molecular weight is 1030 g/mol. The lowest BCUT2D eigenvalue weighted by atomic mass is 10.0. The Bertz CT molecular complexity index is 1370. The molecule has 0 aromatic carbocycles. The molecule has 0 radical (unpaired) electrons. The van der Waals surface area contributed by atoms with E-state index in [1.165, 1.54) is 186 Å². The van der Waals surface area contributed by atoms with Crippen LogP contribution >= 0.6 is 0 Å². The van der Waals surface area contributed by atoms with Gasteiger partial charge in [-0.25, -0.2) is 0 Å². The highest BCUT2D eigenvalue weighted by Crippen LogP contribution is 2.17. The molecular formula is C68H120O6. The molecule has 0 aromatic rings. The number of allylic oxidation sites excluding steroid dienone is 12. The molecule has 428 valence electrons. The van der Waals surface area contributed by atoms with Crippen LogP contribution in [0, 0.1) is 0 Å². The molecule has 0 aliphatic heterocycles. The maximum atomic E-state index is 12.9. The van der Waals surface area contributed by atoms with Gasteiger partial charge in [0.25, 0.3) is 0 Å². The summed E-state index contributed by atoms with van der Waals surface area (Å²) in [5, 5.41) is 0. The summed E-state index contributed by atoms with van der Waals surface area (Å²) in [6.07, 6.45) is 80.5. The molecule has 1 unspecified atom stereocenters. The summed E-state index contributed by atoms with van der Waals surface area (Å²) in [7, 11) is 0. The van der Waals surface area contributed by atoms with E-state index < -0.39 is 6.10 Å². The molecule has 74 heavy (non-hydrogen) atoms. The van der Waals surface area contributed by atoms with E-state index in [1.54, 1.807) is 0 Å². The van der Waals surface area contributed by atoms with E-state index in [-0.39, 0.29) is 31.1 Å². The molecule has 0 saturated carbocycles. The molecule has 6 heteroatoms. The summed E-state index contributed by atoms with van der Waals surface area (Å²) in [5.74, 6) is -0.906. The van der Waals surface area contributed by atoms with Crippen LogP contribution in [0.4, 0.5) is 0 Å². The predicted octanol–water partition coefficient (Wildman–Crippen LogP) is 21.7. The number of ether oxygens (including phenoxy) is 3. The Kier molecular flexibility index (Phi) is 59.7. The molecule has 0 aliphatic carbocycles. The van der Waals surface area contributed by atoms with Crippen LogP contribution in [-0.4, -0.2) is 37.2 Å². The van der Waals surface area contributed by atoms with E-state index >= 15 is 0 Å². The number of unbranched alkanes of at least 4 members (excludes halogenated alkanes) is 35. The third-order valence-corrected chi connectivity index (χ3v) is 13.9. The highest BCUT2D eigenvalue weighted by atomic mass is 16.6.